The molecule has 0 aliphatic carbocycles. The summed E-state index contributed by atoms with van der Waals surface area (Å²) in [6, 6.07) is 13.7. The summed E-state index contributed by atoms with van der Waals surface area (Å²) in [6.45, 7) is 2.88. The molecule has 2 aromatic carbocycles. The monoisotopic (exact) mass is 286 g/mol. The van der Waals surface area contributed by atoms with Gasteiger partial charge >= 0.3 is 0 Å². The third-order valence-corrected chi connectivity index (χ3v) is 3.39. The molecular weight excluding hydrogens is 267 g/mol. The highest BCUT2D eigenvalue weighted by Gasteiger charge is 2.14. The molecule has 0 atom stereocenters. The molecule has 2 aromatic rings. The number of benzene rings is 2. The average Bonchev–Trinajstić information content (AvgIpc) is 2.47. The van der Waals surface area contributed by atoms with E-state index < -0.39 is 0 Å². The number of hydrogen-bond donors (Lipinski definition) is 1. The largest absolute Gasteiger partial charge is 0.398 e. The lowest BCUT2D eigenvalue weighted by Crippen LogP contribution is -2.31. The maximum Gasteiger partial charge on any atom is 0.227 e. The van der Waals surface area contributed by atoms with Crippen molar-refractivity contribution in [2.75, 3.05) is 12.3 Å². The summed E-state index contributed by atoms with van der Waals surface area (Å²) in [7, 11) is 0. The molecule has 110 valence electrons. The fraction of sp³-hybridized carbons (Fsp3) is 0.235. The van der Waals surface area contributed by atoms with Crippen molar-refractivity contribution >= 4 is 11.6 Å². The molecule has 0 aliphatic rings. The number of halogens is 1. The second-order valence-electron chi connectivity index (χ2n) is 4.91. The summed E-state index contributed by atoms with van der Waals surface area (Å²) < 4.78 is 13.2. The molecule has 0 saturated heterocycles. The predicted molar refractivity (Wildman–Crippen MR) is 82.0 cm³/mol. The first-order valence-electron chi connectivity index (χ1n) is 6.95. The van der Waals surface area contributed by atoms with Crippen LogP contribution in [0.4, 0.5) is 10.1 Å². The van der Waals surface area contributed by atoms with Gasteiger partial charge in [0.2, 0.25) is 5.91 Å². The Labute approximate surface area is 124 Å². The van der Waals surface area contributed by atoms with Gasteiger partial charge in [-0.1, -0.05) is 30.3 Å². The van der Waals surface area contributed by atoms with Gasteiger partial charge in [0.05, 0.1) is 6.42 Å². The van der Waals surface area contributed by atoms with Crippen LogP contribution in [0.1, 0.15) is 18.1 Å². The van der Waals surface area contributed by atoms with Crippen molar-refractivity contribution < 1.29 is 9.18 Å². The molecule has 0 fully saturated rings. The van der Waals surface area contributed by atoms with Gasteiger partial charge in [-0.15, -0.1) is 0 Å². The lowest BCUT2D eigenvalue weighted by atomic mass is 10.1. The maximum atomic E-state index is 13.2. The molecule has 2 N–H and O–H groups in total. The minimum Gasteiger partial charge on any atom is -0.398 e. The first kappa shape index (κ1) is 15.0. The van der Waals surface area contributed by atoms with Gasteiger partial charge < -0.3 is 10.6 Å². The number of carbonyl (C=O) groups is 1. The Balaban J connectivity index is 2.07. The number of carbonyl (C=O) groups excluding carboxylic acids is 1. The van der Waals surface area contributed by atoms with Gasteiger partial charge in [-0.2, -0.15) is 0 Å². The Morgan fingerprint density at radius 3 is 2.62 bits per heavy atom. The first-order valence-corrected chi connectivity index (χ1v) is 6.95. The van der Waals surface area contributed by atoms with E-state index in [2.05, 4.69) is 0 Å². The van der Waals surface area contributed by atoms with E-state index in [-0.39, 0.29) is 18.1 Å². The zero-order chi connectivity index (χ0) is 15.2. The van der Waals surface area contributed by atoms with Gasteiger partial charge in [-0.3, -0.25) is 4.79 Å². The van der Waals surface area contributed by atoms with Gasteiger partial charge in [0.15, 0.2) is 0 Å². The van der Waals surface area contributed by atoms with Crippen molar-refractivity contribution in [3.8, 4) is 0 Å². The molecule has 0 aliphatic heterocycles. The van der Waals surface area contributed by atoms with E-state index in [4.69, 9.17) is 5.73 Å². The molecule has 0 heterocycles. The van der Waals surface area contributed by atoms with Crippen molar-refractivity contribution in [1.82, 2.24) is 4.90 Å². The summed E-state index contributed by atoms with van der Waals surface area (Å²) >= 11 is 0. The third-order valence-electron chi connectivity index (χ3n) is 3.39. The van der Waals surface area contributed by atoms with Crippen molar-refractivity contribution in [2.45, 2.75) is 19.9 Å². The molecule has 0 aromatic heterocycles. The molecule has 0 unspecified atom stereocenters. The van der Waals surface area contributed by atoms with Crippen LogP contribution in [0.3, 0.4) is 0 Å². The number of anilines is 1. The number of nitrogens with two attached hydrogens (primary N) is 1. The normalized spacial score (nSPS) is 10.4. The fourth-order valence-corrected chi connectivity index (χ4v) is 2.20. The number of nitrogen functional groups attached to an aromatic ring is 1. The second-order valence-corrected chi connectivity index (χ2v) is 4.91. The number of para-hydroxylation sites is 1. The average molecular weight is 286 g/mol. The van der Waals surface area contributed by atoms with Gasteiger partial charge in [-0.25, -0.2) is 4.39 Å². The molecule has 21 heavy (non-hydrogen) atoms. The SMILES string of the molecule is CCN(Cc1cccc(F)c1)C(=O)Cc1ccccc1N. The van der Waals surface area contributed by atoms with Crippen molar-refractivity contribution in [2.24, 2.45) is 0 Å². The zero-order valence-corrected chi connectivity index (χ0v) is 12.1. The van der Waals surface area contributed by atoms with Crippen LogP contribution < -0.4 is 5.73 Å². The molecule has 0 spiro atoms. The van der Waals surface area contributed by atoms with Gasteiger partial charge in [-0.05, 0) is 36.2 Å². The first-order chi connectivity index (χ1) is 10.1. The highest BCUT2D eigenvalue weighted by atomic mass is 19.1. The number of nitrogens with zero attached hydrogens (tertiary/aromatic N) is 1. The lowest BCUT2D eigenvalue weighted by Gasteiger charge is -2.21. The molecule has 1 amide bonds. The van der Waals surface area contributed by atoms with Crippen molar-refractivity contribution in [3.63, 3.8) is 0 Å². The van der Waals surface area contributed by atoms with Crippen LogP contribution >= 0.6 is 0 Å². The van der Waals surface area contributed by atoms with Crippen molar-refractivity contribution in [3.05, 3.63) is 65.5 Å². The second kappa shape index (κ2) is 6.88. The highest BCUT2D eigenvalue weighted by molar-refractivity contribution is 5.80. The van der Waals surface area contributed by atoms with Crippen molar-refractivity contribution in [1.29, 1.82) is 0 Å². The van der Waals surface area contributed by atoms with E-state index in [9.17, 15) is 9.18 Å². The highest BCUT2D eigenvalue weighted by Crippen LogP contribution is 2.14. The van der Waals surface area contributed by atoms with E-state index in [1.807, 2.05) is 31.2 Å². The van der Waals surface area contributed by atoms with E-state index in [1.165, 1.54) is 12.1 Å². The Bertz CT molecular complexity index is 628. The van der Waals surface area contributed by atoms with Gasteiger partial charge in [0.1, 0.15) is 5.82 Å². The molecule has 0 saturated carbocycles. The van der Waals surface area contributed by atoms with Gasteiger partial charge in [0, 0.05) is 18.8 Å². The van der Waals surface area contributed by atoms with Crippen LogP contribution in [0.15, 0.2) is 48.5 Å². The Morgan fingerprint density at radius 1 is 1.19 bits per heavy atom. The van der Waals surface area contributed by atoms with E-state index >= 15 is 0 Å². The quantitative estimate of drug-likeness (QED) is 0.859. The number of hydrogen-bond acceptors (Lipinski definition) is 2. The number of likely N-dealkylation sites (N-methyl/N-ethyl adjacent to an activating group) is 1. The van der Waals surface area contributed by atoms with Crippen LogP contribution in [0.5, 0.6) is 0 Å². The molecular formula is C17H19FN2O. The number of amides is 1. The Kier molecular flexibility index (Phi) is 4.93. The molecule has 0 radical (unpaired) electrons. The molecule has 0 bridgehead atoms. The van der Waals surface area contributed by atoms with E-state index in [0.717, 1.165) is 11.1 Å². The van der Waals surface area contributed by atoms with Gasteiger partial charge in [0.25, 0.3) is 0 Å². The van der Waals surface area contributed by atoms with Crippen LogP contribution in [-0.4, -0.2) is 17.4 Å². The maximum absolute atomic E-state index is 13.2. The van der Waals surface area contributed by atoms with Crippen LogP contribution in [-0.2, 0) is 17.8 Å². The summed E-state index contributed by atoms with van der Waals surface area (Å²) in [5.74, 6) is -0.303. The summed E-state index contributed by atoms with van der Waals surface area (Å²) in [4.78, 5) is 14.1. The predicted octanol–water partition coefficient (Wildman–Crippen LogP) is 3.00. The topological polar surface area (TPSA) is 46.3 Å². The minimum absolute atomic E-state index is 0.0142. The summed E-state index contributed by atoms with van der Waals surface area (Å²) in [5.41, 5.74) is 8.08. The summed E-state index contributed by atoms with van der Waals surface area (Å²) in [6.07, 6.45) is 0.260. The zero-order valence-electron chi connectivity index (χ0n) is 12.1. The Morgan fingerprint density at radius 2 is 1.95 bits per heavy atom. The molecule has 2 rings (SSSR count). The fourth-order valence-electron chi connectivity index (χ4n) is 2.20. The molecule has 3 nitrogen and oxygen atoms in total. The summed E-state index contributed by atoms with van der Waals surface area (Å²) in [5, 5.41) is 0. The van der Waals surface area contributed by atoms with Crippen LogP contribution in [0.25, 0.3) is 0 Å². The van der Waals surface area contributed by atoms with E-state index in [0.29, 0.717) is 18.8 Å². The number of rotatable bonds is 5. The standard InChI is InChI=1S/C17H19FN2O/c1-2-20(12-13-6-5-8-15(18)10-13)17(21)11-14-7-3-4-9-16(14)19/h3-10H,2,11-12,19H2,1H3. The van der Waals surface area contributed by atoms with E-state index in [1.54, 1.807) is 17.0 Å². The smallest absolute Gasteiger partial charge is 0.227 e. The lowest BCUT2D eigenvalue weighted by molar-refractivity contribution is -0.130. The van der Waals surface area contributed by atoms with Crippen LogP contribution in [0, 0.1) is 5.82 Å². The molecule has 4 heteroatoms. The minimum atomic E-state index is -0.289. The van der Waals surface area contributed by atoms with Crippen LogP contribution in [0.2, 0.25) is 0 Å². The third kappa shape index (κ3) is 4.05. The Hall–Kier alpha value is -2.36.